The summed E-state index contributed by atoms with van der Waals surface area (Å²) >= 11 is 0. The summed E-state index contributed by atoms with van der Waals surface area (Å²) in [4.78, 5) is 24.9. The molecule has 0 fully saturated rings. The van der Waals surface area contributed by atoms with Gasteiger partial charge in [-0.1, -0.05) is 88.8 Å². The van der Waals surface area contributed by atoms with Crippen molar-refractivity contribution in [2.24, 2.45) is 0 Å². The molecule has 5 nitrogen and oxygen atoms in total. The fraction of sp³-hybridized carbons (Fsp3) is 0.375. The topological polar surface area (TPSA) is 67.4 Å². The predicted molar refractivity (Wildman–Crippen MR) is 151 cm³/mol. The summed E-state index contributed by atoms with van der Waals surface area (Å²) in [5.41, 5.74) is 9.41. The van der Waals surface area contributed by atoms with Crippen molar-refractivity contribution in [1.29, 1.82) is 0 Å². The van der Waals surface area contributed by atoms with Crippen molar-refractivity contribution in [3.05, 3.63) is 89.5 Å². The molecule has 37 heavy (non-hydrogen) atoms. The van der Waals surface area contributed by atoms with Gasteiger partial charge in [0.2, 0.25) is 0 Å². The summed E-state index contributed by atoms with van der Waals surface area (Å²) in [6, 6.07) is 22.9. The van der Waals surface area contributed by atoms with Crippen LogP contribution in [0.15, 0.2) is 72.8 Å². The van der Waals surface area contributed by atoms with Gasteiger partial charge < -0.3 is 4.74 Å². The van der Waals surface area contributed by atoms with Crippen LogP contribution in [-0.4, -0.2) is 18.4 Å². The highest BCUT2D eigenvalue weighted by atomic mass is 16.5. The monoisotopic (exact) mass is 500 g/mol. The number of amides is 2. The van der Waals surface area contributed by atoms with Crippen LogP contribution < -0.4 is 15.6 Å². The lowest BCUT2D eigenvalue weighted by Crippen LogP contribution is -2.41. The summed E-state index contributed by atoms with van der Waals surface area (Å²) < 4.78 is 5.61. The van der Waals surface area contributed by atoms with Crippen molar-refractivity contribution in [2.75, 3.05) is 6.61 Å². The van der Waals surface area contributed by atoms with Crippen LogP contribution in [0.25, 0.3) is 11.1 Å². The maximum atomic E-state index is 12.5. The smallest absolute Gasteiger partial charge is 0.269 e. The van der Waals surface area contributed by atoms with Gasteiger partial charge in [-0.05, 0) is 72.4 Å². The zero-order valence-corrected chi connectivity index (χ0v) is 22.2. The molecule has 0 spiro atoms. The summed E-state index contributed by atoms with van der Waals surface area (Å²) in [6.07, 6.45) is 11.0. The molecule has 0 saturated heterocycles. The summed E-state index contributed by atoms with van der Waals surface area (Å²) in [7, 11) is 0. The van der Waals surface area contributed by atoms with Crippen molar-refractivity contribution < 1.29 is 14.3 Å². The first-order valence-electron chi connectivity index (χ1n) is 13.6. The molecule has 0 bridgehead atoms. The second kappa shape index (κ2) is 15.5. The third kappa shape index (κ3) is 9.41. The maximum Gasteiger partial charge on any atom is 0.269 e. The molecule has 3 aromatic carbocycles. The second-order valence-electron chi connectivity index (χ2n) is 9.43. The van der Waals surface area contributed by atoms with E-state index in [1.165, 1.54) is 44.1 Å². The largest absolute Gasteiger partial charge is 0.494 e. The quantitative estimate of drug-likeness (QED) is 0.178. The molecular weight excluding hydrogens is 460 g/mol. The third-order valence-corrected chi connectivity index (χ3v) is 6.43. The van der Waals surface area contributed by atoms with E-state index in [0.717, 1.165) is 36.1 Å². The van der Waals surface area contributed by atoms with E-state index in [1.807, 2.05) is 12.1 Å². The number of hydrogen-bond acceptors (Lipinski definition) is 3. The molecule has 0 radical (unpaired) electrons. The Morgan fingerprint density at radius 2 is 1.08 bits per heavy atom. The van der Waals surface area contributed by atoms with E-state index >= 15 is 0 Å². The molecule has 0 aromatic heterocycles. The molecule has 3 rings (SSSR count). The van der Waals surface area contributed by atoms with Gasteiger partial charge in [0, 0.05) is 11.1 Å². The first kappa shape index (κ1) is 28.0. The van der Waals surface area contributed by atoms with E-state index in [0.29, 0.717) is 17.7 Å². The fourth-order valence-electron chi connectivity index (χ4n) is 4.08. The summed E-state index contributed by atoms with van der Waals surface area (Å²) in [5.74, 6) is -0.0265. The molecular formula is C32H40N2O3. The number of carbonyl (C=O) groups is 2. The lowest BCUT2D eigenvalue weighted by atomic mass is 10.00. The Labute approximate surface area is 221 Å². The van der Waals surface area contributed by atoms with Gasteiger partial charge in [0.05, 0.1) is 6.61 Å². The van der Waals surface area contributed by atoms with Crippen molar-refractivity contribution in [3.63, 3.8) is 0 Å². The van der Waals surface area contributed by atoms with Gasteiger partial charge in [-0.25, -0.2) is 0 Å². The molecule has 0 saturated carbocycles. The van der Waals surface area contributed by atoms with Crippen LogP contribution in [0.1, 0.15) is 91.5 Å². The van der Waals surface area contributed by atoms with E-state index in [9.17, 15) is 9.59 Å². The molecule has 196 valence electrons. The van der Waals surface area contributed by atoms with Crippen LogP contribution in [0.3, 0.4) is 0 Å². The van der Waals surface area contributed by atoms with Gasteiger partial charge in [-0.2, -0.15) is 0 Å². The Bertz CT molecular complexity index is 1090. The average molecular weight is 501 g/mol. The first-order valence-corrected chi connectivity index (χ1v) is 13.6. The molecule has 0 atom stereocenters. The van der Waals surface area contributed by atoms with Crippen LogP contribution in [-0.2, 0) is 6.42 Å². The highest BCUT2D eigenvalue weighted by molar-refractivity contribution is 5.99. The van der Waals surface area contributed by atoms with E-state index in [2.05, 4.69) is 49.0 Å². The third-order valence-electron chi connectivity index (χ3n) is 6.43. The zero-order valence-electron chi connectivity index (χ0n) is 22.2. The van der Waals surface area contributed by atoms with Gasteiger partial charge in [0.15, 0.2) is 0 Å². The molecule has 0 aliphatic carbocycles. The summed E-state index contributed by atoms with van der Waals surface area (Å²) in [5, 5.41) is 0. The maximum absolute atomic E-state index is 12.5. The van der Waals surface area contributed by atoms with E-state index < -0.39 is 0 Å². The van der Waals surface area contributed by atoms with E-state index in [4.69, 9.17) is 4.74 Å². The molecule has 2 N–H and O–H groups in total. The Morgan fingerprint density at radius 3 is 1.65 bits per heavy atom. The van der Waals surface area contributed by atoms with Crippen LogP contribution in [0.4, 0.5) is 0 Å². The number of hydrazine groups is 1. The number of nitrogens with one attached hydrogen (secondary N) is 2. The number of ether oxygens (including phenoxy) is 1. The number of aryl methyl sites for hydroxylation is 1. The minimum absolute atomic E-state index is 0.367. The van der Waals surface area contributed by atoms with Crippen molar-refractivity contribution in [3.8, 4) is 16.9 Å². The molecule has 0 aliphatic heterocycles. The molecule has 2 amide bonds. The number of unbranched alkanes of at least 4 members (excludes halogenated alkanes) is 6. The highest BCUT2D eigenvalue weighted by Gasteiger charge is 2.10. The average Bonchev–Trinajstić information content (AvgIpc) is 2.94. The van der Waals surface area contributed by atoms with Crippen LogP contribution in [0, 0.1) is 0 Å². The van der Waals surface area contributed by atoms with Gasteiger partial charge in [-0.3, -0.25) is 20.4 Å². The van der Waals surface area contributed by atoms with Gasteiger partial charge >= 0.3 is 0 Å². The number of benzene rings is 3. The zero-order chi connectivity index (χ0) is 26.3. The number of hydrogen-bond donors (Lipinski definition) is 2. The van der Waals surface area contributed by atoms with Crippen molar-refractivity contribution in [2.45, 2.75) is 71.6 Å². The van der Waals surface area contributed by atoms with Crippen LogP contribution in [0.2, 0.25) is 0 Å². The molecule has 0 heterocycles. The van der Waals surface area contributed by atoms with Crippen LogP contribution >= 0.6 is 0 Å². The molecule has 3 aromatic rings. The highest BCUT2D eigenvalue weighted by Crippen LogP contribution is 2.21. The Morgan fingerprint density at radius 1 is 0.595 bits per heavy atom. The van der Waals surface area contributed by atoms with E-state index in [-0.39, 0.29) is 11.8 Å². The van der Waals surface area contributed by atoms with Gasteiger partial charge in [0.25, 0.3) is 11.8 Å². The van der Waals surface area contributed by atoms with Crippen LogP contribution in [0.5, 0.6) is 5.75 Å². The predicted octanol–water partition coefficient (Wildman–Crippen LogP) is 7.51. The lowest BCUT2D eigenvalue weighted by Gasteiger charge is -2.10. The van der Waals surface area contributed by atoms with Gasteiger partial charge in [-0.15, -0.1) is 0 Å². The molecule has 0 unspecified atom stereocenters. The fourth-order valence-corrected chi connectivity index (χ4v) is 4.08. The number of carbonyl (C=O) groups excluding carboxylic acids is 2. The SMILES string of the molecule is CCCCCCCCc1ccc(-c2ccc(C(=O)NNC(=O)c3ccc(OCCCC)cc3)cc2)cc1. The minimum atomic E-state index is -0.383. The molecule has 0 aliphatic rings. The van der Waals surface area contributed by atoms with Crippen molar-refractivity contribution in [1.82, 2.24) is 10.9 Å². The standard InChI is InChI=1S/C32H40N2O3/c1-3-5-7-8-9-10-11-25-12-14-26(15-13-25)27-16-18-28(19-17-27)31(35)33-34-32(36)29-20-22-30(23-21-29)37-24-6-4-2/h12-23H,3-11,24H2,1-2H3,(H,33,35)(H,34,36). The lowest BCUT2D eigenvalue weighted by molar-refractivity contribution is 0.0846. The Hall–Kier alpha value is -3.60. The first-order chi connectivity index (χ1) is 18.1. The van der Waals surface area contributed by atoms with Gasteiger partial charge in [0.1, 0.15) is 5.75 Å². The number of rotatable bonds is 14. The minimum Gasteiger partial charge on any atom is -0.494 e. The van der Waals surface area contributed by atoms with Crippen molar-refractivity contribution >= 4 is 11.8 Å². The molecule has 5 heteroatoms. The normalized spacial score (nSPS) is 10.6. The second-order valence-corrected chi connectivity index (χ2v) is 9.43. The summed E-state index contributed by atoms with van der Waals surface area (Å²) in [6.45, 7) is 5.01. The van der Waals surface area contributed by atoms with E-state index in [1.54, 1.807) is 36.4 Å². The Kier molecular flexibility index (Phi) is 11.7. The Balaban J connectivity index is 1.45.